The highest BCUT2D eigenvalue weighted by molar-refractivity contribution is 5.80. The van der Waals surface area contributed by atoms with Crippen molar-refractivity contribution in [3.8, 4) is 0 Å². The van der Waals surface area contributed by atoms with Gasteiger partial charge in [0.05, 0.1) is 13.0 Å². The van der Waals surface area contributed by atoms with E-state index in [4.69, 9.17) is 9.47 Å². The first kappa shape index (κ1) is 23.6. The van der Waals surface area contributed by atoms with Crippen LogP contribution in [0.4, 0.5) is 4.79 Å². The van der Waals surface area contributed by atoms with Crippen LogP contribution in [-0.4, -0.2) is 64.6 Å². The number of ether oxygens (including phenoxy) is 2. The Balaban J connectivity index is 1.97. The average molecular weight is 420 g/mol. The smallest absolute Gasteiger partial charge is 0.410 e. The van der Waals surface area contributed by atoms with Crippen LogP contribution in [0, 0.1) is 5.92 Å². The van der Waals surface area contributed by atoms with Crippen LogP contribution in [0.5, 0.6) is 0 Å². The third-order valence-electron chi connectivity index (χ3n) is 4.79. The van der Waals surface area contributed by atoms with Gasteiger partial charge >= 0.3 is 12.1 Å². The number of nitrogens with zero attached hydrogens (tertiary/aromatic N) is 3. The van der Waals surface area contributed by atoms with Crippen molar-refractivity contribution in [2.75, 3.05) is 26.2 Å². The molecule has 0 aliphatic carbocycles. The number of amides is 2. The second-order valence-electron chi connectivity index (χ2n) is 8.42. The van der Waals surface area contributed by atoms with E-state index >= 15 is 0 Å². The number of carbonyl (C=O) groups is 3. The summed E-state index contributed by atoms with van der Waals surface area (Å²) in [5.74, 6) is -0.518. The van der Waals surface area contributed by atoms with E-state index in [0.717, 1.165) is 5.56 Å². The molecule has 30 heavy (non-hydrogen) atoms. The molecule has 0 unspecified atom stereocenters. The first-order valence-electron chi connectivity index (χ1n) is 10.5. The molecule has 0 radical (unpaired) electrons. The fourth-order valence-electron chi connectivity index (χ4n) is 3.33. The maximum absolute atomic E-state index is 13.2. The van der Waals surface area contributed by atoms with Crippen LogP contribution >= 0.6 is 0 Å². The zero-order chi connectivity index (χ0) is 22.1. The van der Waals surface area contributed by atoms with Gasteiger partial charge in [0.1, 0.15) is 5.60 Å². The van der Waals surface area contributed by atoms with Crippen LogP contribution in [-0.2, 0) is 25.6 Å². The summed E-state index contributed by atoms with van der Waals surface area (Å²) in [6, 6.07) is 3.73. The predicted molar refractivity (Wildman–Crippen MR) is 111 cm³/mol. The van der Waals surface area contributed by atoms with Crippen molar-refractivity contribution in [3.05, 3.63) is 30.1 Å². The van der Waals surface area contributed by atoms with Gasteiger partial charge in [-0.25, -0.2) is 4.79 Å². The van der Waals surface area contributed by atoms with E-state index in [-0.39, 0.29) is 30.3 Å². The first-order chi connectivity index (χ1) is 14.2. The van der Waals surface area contributed by atoms with Gasteiger partial charge in [0.15, 0.2) is 0 Å². The van der Waals surface area contributed by atoms with Crippen molar-refractivity contribution >= 4 is 18.0 Å². The fourth-order valence-corrected chi connectivity index (χ4v) is 3.33. The number of hydrogen-bond acceptors (Lipinski definition) is 6. The predicted octanol–water partition coefficient (Wildman–Crippen LogP) is 3.01. The number of carbonyl (C=O) groups excluding carboxylic acids is 3. The molecule has 0 bridgehead atoms. The standard InChI is InChI=1S/C22H33N3O5/c1-5-29-19(26)10-14-25(16-17-7-6-11-23-15-17)20(27)18-8-12-24(13-9-18)21(28)30-22(2,3)4/h6-7,11,15,18H,5,8-10,12-14,16H2,1-4H3. The third kappa shape index (κ3) is 7.65. The van der Waals surface area contributed by atoms with Gasteiger partial charge in [0.25, 0.3) is 0 Å². The topological polar surface area (TPSA) is 89.0 Å². The maximum Gasteiger partial charge on any atom is 0.410 e. The number of likely N-dealkylation sites (tertiary alicyclic amines) is 1. The van der Waals surface area contributed by atoms with Gasteiger partial charge in [-0.05, 0) is 52.2 Å². The van der Waals surface area contributed by atoms with E-state index in [0.29, 0.717) is 45.6 Å². The molecule has 0 saturated carbocycles. The molecule has 1 saturated heterocycles. The number of hydrogen-bond donors (Lipinski definition) is 0. The Morgan fingerprint density at radius 2 is 1.93 bits per heavy atom. The molecule has 0 atom stereocenters. The Bertz CT molecular complexity index is 709. The van der Waals surface area contributed by atoms with Gasteiger partial charge in [-0.15, -0.1) is 0 Å². The van der Waals surface area contributed by atoms with Crippen LogP contribution in [0.1, 0.15) is 52.5 Å². The van der Waals surface area contributed by atoms with E-state index in [1.165, 1.54) is 0 Å². The van der Waals surface area contributed by atoms with Crippen LogP contribution in [0.15, 0.2) is 24.5 Å². The minimum Gasteiger partial charge on any atom is -0.466 e. The summed E-state index contributed by atoms with van der Waals surface area (Å²) in [5, 5.41) is 0. The molecule has 0 spiro atoms. The molecule has 1 aromatic rings. The molecule has 1 aromatic heterocycles. The summed E-state index contributed by atoms with van der Waals surface area (Å²) in [4.78, 5) is 44.7. The lowest BCUT2D eigenvalue weighted by molar-refractivity contribution is -0.145. The van der Waals surface area contributed by atoms with Crippen LogP contribution < -0.4 is 0 Å². The van der Waals surface area contributed by atoms with Gasteiger partial charge in [-0.2, -0.15) is 0 Å². The zero-order valence-electron chi connectivity index (χ0n) is 18.4. The lowest BCUT2D eigenvalue weighted by Gasteiger charge is -2.35. The second kappa shape index (κ2) is 10.9. The molecular formula is C22H33N3O5. The van der Waals surface area contributed by atoms with Crippen molar-refractivity contribution in [3.63, 3.8) is 0 Å². The van der Waals surface area contributed by atoms with Crippen molar-refractivity contribution in [2.45, 2.75) is 59.1 Å². The number of piperidine rings is 1. The Kier molecular flexibility index (Phi) is 8.62. The van der Waals surface area contributed by atoms with Crippen molar-refractivity contribution < 1.29 is 23.9 Å². The van der Waals surface area contributed by atoms with E-state index < -0.39 is 5.60 Å². The lowest BCUT2D eigenvalue weighted by Crippen LogP contribution is -2.46. The van der Waals surface area contributed by atoms with Gasteiger partial charge in [0, 0.05) is 44.5 Å². The van der Waals surface area contributed by atoms with E-state index in [1.54, 1.807) is 29.1 Å². The number of esters is 1. The highest BCUT2D eigenvalue weighted by Crippen LogP contribution is 2.22. The highest BCUT2D eigenvalue weighted by Gasteiger charge is 2.32. The molecule has 0 aromatic carbocycles. The second-order valence-corrected chi connectivity index (χ2v) is 8.42. The molecule has 1 aliphatic heterocycles. The minimum atomic E-state index is -0.544. The summed E-state index contributed by atoms with van der Waals surface area (Å²) in [6.07, 6.45) is 4.35. The molecule has 2 amide bonds. The van der Waals surface area contributed by atoms with E-state index in [9.17, 15) is 14.4 Å². The van der Waals surface area contributed by atoms with Gasteiger partial charge in [0.2, 0.25) is 5.91 Å². The first-order valence-corrected chi connectivity index (χ1v) is 10.5. The molecule has 166 valence electrons. The van der Waals surface area contributed by atoms with Crippen LogP contribution in [0.2, 0.25) is 0 Å². The average Bonchev–Trinajstić information content (AvgIpc) is 2.70. The van der Waals surface area contributed by atoms with E-state index in [1.807, 2.05) is 32.9 Å². The molecule has 8 nitrogen and oxygen atoms in total. The number of aromatic nitrogens is 1. The maximum atomic E-state index is 13.2. The molecule has 1 fully saturated rings. The van der Waals surface area contributed by atoms with Crippen molar-refractivity contribution in [1.29, 1.82) is 0 Å². The quantitative estimate of drug-likeness (QED) is 0.631. The Labute approximate surface area is 178 Å². The SMILES string of the molecule is CCOC(=O)CCN(Cc1cccnc1)C(=O)C1CCN(C(=O)OC(C)(C)C)CC1. The monoisotopic (exact) mass is 419 g/mol. The Morgan fingerprint density at radius 3 is 2.50 bits per heavy atom. The Morgan fingerprint density at radius 1 is 1.23 bits per heavy atom. The summed E-state index contributed by atoms with van der Waals surface area (Å²) < 4.78 is 10.4. The van der Waals surface area contributed by atoms with Crippen LogP contribution in [0.25, 0.3) is 0 Å². The normalized spacial score (nSPS) is 14.9. The summed E-state index contributed by atoms with van der Waals surface area (Å²) >= 11 is 0. The Hall–Kier alpha value is -2.64. The minimum absolute atomic E-state index is 0.00742. The van der Waals surface area contributed by atoms with Gasteiger partial charge in [-0.3, -0.25) is 14.6 Å². The molecule has 2 rings (SSSR count). The number of pyridine rings is 1. The van der Waals surface area contributed by atoms with E-state index in [2.05, 4.69) is 4.98 Å². The molecule has 0 N–H and O–H groups in total. The van der Waals surface area contributed by atoms with Gasteiger partial charge in [-0.1, -0.05) is 6.07 Å². The molecular weight excluding hydrogens is 386 g/mol. The fraction of sp³-hybridized carbons (Fsp3) is 0.636. The molecule has 2 heterocycles. The molecule has 8 heteroatoms. The van der Waals surface area contributed by atoms with Crippen molar-refractivity contribution in [1.82, 2.24) is 14.8 Å². The van der Waals surface area contributed by atoms with Crippen LogP contribution in [0.3, 0.4) is 0 Å². The van der Waals surface area contributed by atoms with Crippen molar-refractivity contribution in [2.24, 2.45) is 5.92 Å². The molecule has 1 aliphatic rings. The summed E-state index contributed by atoms with van der Waals surface area (Å²) in [5.41, 5.74) is 0.359. The summed E-state index contributed by atoms with van der Waals surface area (Å²) in [6.45, 7) is 9.21. The largest absolute Gasteiger partial charge is 0.466 e. The van der Waals surface area contributed by atoms with Gasteiger partial charge < -0.3 is 19.3 Å². The third-order valence-corrected chi connectivity index (χ3v) is 4.79. The highest BCUT2D eigenvalue weighted by atomic mass is 16.6. The zero-order valence-corrected chi connectivity index (χ0v) is 18.4. The number of rotatable bonds is 7. The summed E-state index contributed by atoms with van der Waals surface area (Å²) in [7, 11) is 0. The lowest BCUT2D eigenvalue weighted by atomic mass is 9.95.